The van der Waals surface area contributed by atoms with E-state index in [2.05, 4.69) is 17.4 Å². The molecular weight excluding hydrogens is 230 g/mol. The van der Waals surface area contributed by atoms with Crippen molar-refractivity contribution >= 4 is 30.5 Å². The first-order valence-corrected chi connectivity index (χ1v) is 6.10. The Labute approximate surface area is 98.8 Å². The van der Waals surface area contributed by atoms with Crippen LogP contribution in [0.25, 0.3) is 0 Å². The molecule has 0 bridgehead atoms. The van der Waals surface area contributed by atoms with Crippen LogP contribution >= 0.6 is 24.6 Å². The highest BCUT2D eigenvalue weighted by atomic mass is 32.2. The molecular formula is C10H13NO2S2. The maximum absolute atomic E-state index is 10.6. The Kier molecular flexibility index (Phi) is 5.60. The number of carboxylic acids is 1. The molecule has 0 aliphatic heterocycles. The van der Waals surface area contributed by atoms with Crippen LogP contribution in [0.1, 0.15) is 5.56 Å². The molecule has 1 aromatic rings. The average Bonchev–Trinajstić information content (AvgIpc) is 2.25. The summed E-state index contributed by atoms with van der Waals surface area (Å²) in [6, 6.07) is 9.29. The molecule has 82 valence electrons. The van der Waals surface area contributed by atoms with Gasteiger partial charge in [0, 0.05) is 11.5 Å². The zero-order valence-corrected chi connectivity index (χ0v) is 9.80. The summed E-state index contributed by atoms with van der Waals surface area (Å²) < 4.78 is 2.86. The smallest absolute Gasteiger partial charge is 0.322 e. The van der Waals surface area contributed by atoms with E-state index in [4.69, 9.17) is 5.11 Å². The highest BCUT2D eigenvalue weighted by Gasteiger charge is 2.14. The Hall–Kier alpha value is -0.650. The monoisotopic (exact) mass is 243 g/mol. The zero-order valence-electron chi connectivity index (χ0n) is 8.09. The predicted molar refractivity (Wildman–Crippen MR) is 66.1 cm³/mol. The van der Waals surface area contributed by atoms with Crippen molar-refractivity contribution in [2.24, 2.45) is 0 Å². The van der Waals surface area contributed by atoms with Gasteiger partial charge in [0.1, 0.15) is 6.04 Å². The van der Waals surface area contributed by atoms with Crippen molar-refractivity contribution in [3.63, 3.8) is 0 Å². The molecule has 0 spiro atoms. The number of carboxylic acid groups (broad SMARTS) is 1. The molecule has 0 amide bonds. The molecule has 15 heavy (non-hydrogen) atoms. The van der Waals surface area contributed by atoms with Gasteiger partial charge < -0.3 is 5.11 Å². The minimum absolute atomic E-state index is 0.289. The molecule has 0 aliphatic rings. The summed E-state index contributed by atoms with van der Waals surface area (Å²) in [6.07, 6.45) is 0. The summed E-state index contributed by atoms with van der Waals surface area (Å²) in [5, 5.41) is 8.75. The zero-order chi connectivity index (χ0) is 11.1. The summed E-state index contributed by atoms with van der Waals surface area (Å²) in [6.45, 7) is 0. The lowest BCUT2D eigenvalue weighted by atomic mass is 10.2. The van der Waals surface area contributed by atoms with Crippen LogP contribution in [0, 0.1) is 0 Å². The molecule has 0 heterocycles. The Morgan fingerprint density at radius 1 is 1.47 bits per heavy atom. The molecule has 0 saturated heterocycles. The van der Waals surface area contributed by atoms with E-state index < -0.39 is 12.0 Å². The van der Waals surface area contributed by atoms with Crippen molar-refractivity contribution in [1.82, 2.24) is 4.72 Å². The Balaban J connectivity index is 2.30. The van der Waals surface area contributed by atoms with Gasteiger partial charge in [-0.3, -0.25) is 4.79 Å². The first kappa shape index (κ1) is 12.4. The van der Waals surface area contributed by atoms with E-state index in [1.165, 1.54) is 17.5 Å². The fourth-order valence-electron chi connectivity index (χ4n) is 0.966. The van der Waals surface area contributed by atoms with Crippen LogP contribution in [-0.2, 0) is 10.5 Å². The van der Waals surface area contributed by atoms with E-state index in [1.807, 2.05) is 30.3 Å². The van der Waals surface area contributed by atoms with Crippen LogP contribution in [0.2, 0.25) is 0 Å². The van der Waals surface area contributed by atoms with Gasteiger partial charge in [-0.2, -0.15) is 12.6 Å². The van der Waals surface area contributed by atoms with E-state index in [1.54, 1.807) is 0 Å². The lowest BCUT2D eigenvalue weighted by Crippen LogP contribution is -2.33. The predicted octanol–water partition coefficient (Wildman–Crippen LogP) is 1.81. The summed E-state index contributed by atoms with van der Waals surface area (Å²) in [5.41, 5.74) is 1.17. The maximum Gasteiger partial charge on any atom is 0.322 e. The van der Waals surface area contributed by atoms with Gasteiger partial charge in [-0.15, -0.1) is 0 Å². The van der Waals surface area contributed by atoms with E-state index in [0.29, 0.717) is 0 Å². The second-order valence-electron chi connectivity index (χ2n) is 2.97. The van der Waals surface area contributed by atoms with Gasteiger partial charge in [-0.05, 0) is 5.56 Å². The maximum atomic E-state index is 10.6. The Morgan fingerprint density at radius 3 is 2.67 bits per heavy atom. The summed E-state index contributed by atoms with van der Waals surface area (Å²) in [4.78, 5) is 10.6. The lowest BCUT2D eigenvalue weighted by molar-refractivity contribution is -0.138. The molecule has 0 saturated carbocycles. The number of thiol groups is 1. The number of rotatable bonds is 6. The van der Waals surface area contributed by atoms with Gasteiger partial charge in [-0.1, -0.05) is 42.3 Å². The molecule has 3 nitrogen and oxygen atoms in total. The highest BCUT2D eigenvalue weighted by Crippen LogP contribution is 2.09. The van der Waals surface area contributed by atoms with Crippen molar-refractivity contribution in [3.05, 3.63) is 35.9 Å². The topological polar surface area (TPSA) is 49.3 Å². The number of benzene rings is 1. The number of hydrogen-bond donors (Lipinski definition) is 3. The van der Waals surface area contributed by atoms with Gasteiger partial charge in [-0.25, -0.2) is 4.72 Å². The highest BCUT2D eigenvalue weighted by molar-refractivity contribution is 7.96. The first-order chi connectivity index (χ1) is 7.24. The van der Waals surface area contributed by atoms with Gasteiger partial charge in [0.25, 0.3) is 0 Å². The lowest BCUT2D eigenvalue weighted by Gasteiger charge is -2.10. The van der Waals surface area contributed by atoms with E-state index in [0.717, 1.165) is 5.75 Å². The van der Waals surface area contributed by atoms with E-state index >= 15 is 0 Å². The Bertz CT molecular complexity index is 306. The minimum Gasteiger partial charge on any atom is -0.480 e. The SMILES string of the molecule is O=C(O)[C@H](CS)NSCc1ccccc1. The van der Waals surface area contributed by atoms with Crippen molar-refractivity contribution in [2.45, 2.75) is 11.8 Å². The summed E-state index contributed by atoms with van der Waals surface area (Å²) in [7, 11) is 0. The van der Waals surface area contributed by atoms with Gasteiger partial charge in [0.15, 0.2) is 0 Å². The minimum atomic E-state index is -0.870. The van der Waals surface area contributed by atoms with Crippen molar-refractivity contribution in [1.29, 1.82) is 0 Å². The molecule has 0 unspecified atom stereocenters. The fourth-order valence-corrected chi connectivity index (χ4v) is 2.16. The van der Waals surface area contributed by atoms with Crippen LogP contribution in [0.15, 0.2) is 30.3 Å². The number of hydrogen-bond acceptors (Lipinski definition) is 4. The molecule has 1 aromatic carbocycles. The van der Waals surface area contributed by atoms with E-state index in [9.17, 15) is 4.79 Å². The van der Waals surface area contributed by atoms with Crippen LogP contribution < -0.4 is 4.72 Å². The second-order valence-corrected chi connectivity index (χ2v) is 4.14. The fraction of sp³-hybridized carbons (Fsp3) is 0.300. The molecule has 2 N–H and O–H groups in total. The number of nitrogens with one attached hydrogen (secondary N) is 1. The number of carbonyl (C=O) groups is 1. The van der Waals surface area contributed by atoms with Crippen LogP contribution in [-0.4, -0.2) is 22.9 Å². The quantitative estimate of drug-likeness (QED) is 0.527. The summed E-state index contributed by atoms with van der Waals surface area (Å²) in [5.74, 6) is 0.167. The van der Waals surface area contributed by atoms with E-state index in [-0.39, 0.29) is 5.75 Å². The van der Waals surface area contributed by atoms with Crippen molar-refractivity contribution in [2.75, 3.05) is 5.75 Å². The molecule has 1 rings (SSSR count). The van der Waals surface area contributed by atoms with Crippen LogP contribution in [0.3, 0.4) is 0 Å². The average molecular weight is 243 g/mol. The van der Waals surface area contributed by atoms with Crippen LogP contribution in [0.4, 0.5) is 0 Å². The molecule has 0 aliphatic carbocycles. The van der Waals surface area contributed by atoms with Crippen molar-refractivity contribution < 1.29 is 9.90 Å². The van der Waals surface area contributed by atoms with Crippen LogP contribution in [0.5, 0.6) is 0 Å². The second kappa shape index (κ2) is 6.76. The molecule has 1 atom stereocenters. The standard InChI is InChI=1S/C10H13NO2S2/c12-10(13)9(6-14)11-15-7-8-4-2-1-3-5-8/h1-5,9,11,14H,6-7H2,(H,12,13)/t9-/m0/s1. The Morgan fingerprint density at radius 2 is 2.13 bits per heavy atom. The van der Waals surface area contributed by atoms with Crippen molar-refractivity contribution in [3.8, 4) is 0 Å². The molecule has 0 aromatic heterocycles. The largest absolute Gasteiger partial charge is 0.480 e. The normalized spacial score (nSPS) is 12.3. The molecule has 0 radical (unpaired) electrons. The van der Waals surface area contributed by atoms with Gasteiger partial charge >= 0.3 is 5.97 Å². The molecule has 0 fully saturated rings. The summed E-state index contributed by atoms with van der Waals surface area (Å²) >= 11 is 5.35. The molecule has 5 heteroatoms. The number of aliphatic carboxylic acids is 1. The van der Waals surface area contributed by atoms with Gasteiger partial charge in [0.05, 0.1) is 0 Å². The van der Waals surface area contributed by atoms with Gasteiger partial charge in [0.2, 0.25) is 0 Å². The third kappa shape index (κ3) is 4.59. The third-order valence-corrected chi connectivity index (χ3v) is 3.08. The third-order valence-electron chi connectivity index (χ3n) is 1.79. The first-order valence-electron chi connectivity index (χ1n) is 4.49.